The van der Waals surface area contributed by atoms with Gasteiger partial charge in [0.1, 0.15) is 5.69 Å². The van der Waals surface area contributed by atoms with E-state index >= 15 is 0 Å². The third-order valence-electron chi connectivity index (χ3n) is 2.30. The zero-order chi connectivity index (χ0) is 8.55. The van der Waals surface area contributed by atoms with Gasteiger partial charge in [-0.2, -0.15) is 0 Å². The Labute approximate surface area is 71.0 Å². The smallest absolute Gasteiger partial charge is 0.204 e. The van der Waals surface area contributed by atoms with Crippen LogP contribution in [-0.4, -0.2) is 11.1 Å². The first-order chi connectivity index (χ1) is 5.79. The van der Waals surface area contributed by atoms with Crippen molar-refractivity contribution in [1.29, 1.82) is 0 Å². The minimum atomic E-state index is 0.114. The summed E-state index contributed by atoms with van der Waals surface area (Å²) in [6.45, 7) is 0.923. The lowest BCUT2D eigenvalue weighted by Crippen LogP contribution is -2.23. The number of nitrogens with zero attached hydrogens (tertiary/aromatic N) is 1. The number of hydrogen-bond acceptors (Lipinski definition) is 2. The average Bonchev–Trinajstić information content (AvgIpc) is 2.12. The highest BCUT2D eigenvalue weighted by molar-refractivity contribution is 5.49. The number of rotatable bonds is 0. The van der Waals surface area contributed by atoms with E-state index in [9.17, 15) is 4.79 Å². The van der Waals surface area contributed by atoms with Gasteiger partial charge < -0.3 is 9.88 Å². The lowest BCUT2D eigenvalue weighted by Gasteiger charge is -2.19. The molecule has 3 heteroatoms. The van der Waals surface area contributed by atoms with Crippen molar-refractivity contribution in [3.05, 3.63) is 28.2 Å². The van der Waals surface area contributed by atoms with Crippen LogP contribution in [0.25, 0.3) is 0 Å². The van der Waals surface area contributed by atoms with Crippen LogP contribution >= 0.6 is 0 Å². The van der Waals surface area contributed by atoms with Gasteiger partial charge in [-0.1, -0.05) is 0 Å². The van der Waals surface area contributed by atoms with Crippen LogP contribution in [0.2, 0.25) is 0 Å². The molecule has 0 aliphatic carbocycles. The second kappa shape index (κ2) is 2.66. The summed E-state index contributed by atoms with van der Waals surface area (Å²) in [5, 5.41) is 3.14. The fraction of sp³-hybridized carbons (Fsp3) is 0.444. The Morgan fingerprint density at radius 2 is 2.42 bits per heavy atom. The van der Waals surface area contributed by atoms with E-state index in [1.165, 1.54) is 0 Å². The van der Waals surface area contributed by atoms with Gasteiger partial charge in [0.05, 0.1) is 0 Å². The van der Waals surface area contributed by atoms with Crippen molar-refractivity contribution >= 4 is 5.69 Å². The fourth-order valence-corrected chi connectivity index (χ4v) is 1.63. The van der Waals surface area contributed by atoms with Crippen LogP contribution in [0, 0.1) is 0 Å². The quantitative estimate of drug-likeness (QED) is 0.613. The van der Waals surface area contributed by atoms with Crippen LogP contribution in [0.3, 0.4) is 0 Å². The lowest BCUT2D eigenvalue weighted by molar-refractivity contribution is 0.725. The van der Waals surface area contributed by atoms with Crippen molar-refractivity contribution < 1.29 is 0 Å². The Hall–Kier alpha value is -1.25. The Bertz CT molecular complexity index is 354. The summed E-state index contributed by atoms with van der Waals surface area (Å²) in [5.74, 6) is 0. The first-order valence-electron chi connectivity index (χ1n) is 4.21. The molecule has 0 saturated carbocycles. The standard InChI is InChI=1S/C9H12N2O/c1-11-6-4-8(12)9-7(11)3-2-5-10-9/h4,6,10H,2-3,5H2,1H3. The van der Waals surface area contributed by atoms with Gasteiger partial charge in [-0.15, -0.1) is 0 Å². The third-order valence-corrected chi connectivity index (χ3v) is 2.30. The van der Waals surface area contributed by atoms with E-state index in [0.29, 0.717) is 0 Å². The second-order valence-electron chi connectivity index (χ2n) is 3.14. The normalized spacial score (nSPS) is 15.1. The molecule has 0 unspecified atom stereocenters. The van der Waals surface area contributed by atoms with Crippen LogP contribution in [0.1, 0.15) is 12.1 Å². The van der Waals surface area contributed by atoms with Crippen LogP contribution < -0.4 is 10.7 Å². The average molecular weight is 164 g/mol. The Kier molecular flexibility index (Phi) is 1.64. The van der Waals surface area contributed by atoms with Crippen LogP contribution in [0.4, 0.5) is 5.69 Å². The van der Waals surface area contributed by atoms with Crippen LogP contribution in [0.15, 0.2) is 17.1 Å². The van der Waals surface area contributed by atoms with E-state index in [2.05, 4.69) is 5.32 Å². The largest absolute Gasteiger partial charge is 0.380 e. The molecule has 0 radical (unpaired) electrons. The number of hydrogen-bond donors (Lipinski definition) is 1. The van der Waals surface area contributed by atoms with Crippen molar-refractivity contribution in [3.63, 3.8) is 0 Å². The summed E-state index contributed by atoms with van der Waals surface area (Å²) in [5.41, 5.74) is 2.04. The maximum Gasteiger partial charge on any atom is 0.204 e. The molecule has 0 spiro atoms. The van der Waals surface area contributed by atoms with E-state index in [-0.39, 0.29) is 5.43 Å². The predicted molar refractivity (Wildman–Crippen MR) is 48.5 cm³/mol. The highest BCUT2D eigenvalue weighted by atomic mass is 16.1. The van der Waals surface area contributed by atoms with Crippen LogP contribution in [-0.2, 0) is 13.5 Å². The minimum absolute atomic E-state index is 0.114. The summed E-state index contributed by atoms with van der Waals surface area (Å²) >= 11 is 0. The SMILES string of the molecule is Cn1ccc(=O)c2c1CCCN2. The van der Waals surface area contributed by atoms with Gasteiger partial charge in [-0.3, -0.25) is 4.79 Å². The van der Waals surface area contributed by atoms with Gasteiger partial charge in [-0.05, 0) is 12.8 Å². The highest BCUT2D eigenvalue weighted by Crippen LogP contribution is 2.15. The van der Waals surface area contributed by atoms with Gasteiger partial charge in [0.2, 0.25) is 5.43 Å². The van der Waals surface area contributed by atoms with Gasteiger partial charge in [0, 0.05) is 31.5 Å². The fourth-order valence-electron chi connectivity index (χ4n) is 1.63. The van der Waals surface area contributed by atoms with Crippen molar-refractivity contribution in [2.45, 2.75) is 12.8 Å². The molecule has 1 aromatic rings. The molecule has 64 valence electrons. The number of nitrogens with one attached hydrogen (secondary N) is 1. The topological polar surface area (TPSA) is 34.0 Å². The van der Waals surface area contributed by atoms with E-state index in [4.69, 9.17) is 0 Å². The zero-order valence-electron chi connectivity index (χ0n) is 7.13. The van der Waals surface area contributed by atoms with Crippen molar-refractivity contribution in [2.24, 2.45) is 7.05 Å². The van der Waals surface area contributed by atoms with Crippen LogP contribution in [0.5, 0.6) is 0 Å². The maximum atomic E-state index is 11.3. The molecule has 2 rings (SSSR count). The van der Waals surface area contributed by atoms with E-state index in [0.717, 1.165) is 30.8 Å². The predicted octanol–water partition coefficient (Wildman–Crippen LogP) is 0.743. The Morgan fingerprint density at radius 3 is 3.17 bits per heavy atom. The molecular formula is C9H12N2O. The molecule has 0 fully saturated rings. The van der Waals surface area contributed by atoms with E-state index in [1.807, 2.05) is 17.8 Å². The highest BCUT2D eigenvalue weighted by Gasteiger charge is 2.12. The number of aromatic nitrogens is 1. The molecule has 0 aromatic carbocycles. The second-order valence-corrected chi connectivity index (χ2v) is 3.14. The number of anilines is 1. The third kappa shape index (κ3) is 1.02. The summed E-state index contributed by atoms with van der Waals surface area (Å²) in [6.07, 6.45) is 3.95. The first-order valence-corrected chi connectivity index (χ1v) is 4.21. The molecule has 1 aliphatic rings. The van der Waals surface area contributed by atoms with Gasteiger partial charge in [0.25, 0.3) is 0 Å². The maximum absolute atomic E-state index is 11.3. The molecule has 3 nitrogen and oxygen atoms in total. The molecule has 2 heterocycles. The van der Waals surface area contributed by atoms with Crippen molar-refractivity contribution in [1.82, 2.24) is 4.57 Å². The molecule has 1 aromatic heterocycles. The lowest BCUT2D eigenvalue weighted by atomic mass is 10.1. The molecule has 0 saturated heterocycles. The molecule has 0 bridgehead atoms. The van der Waals surface area contributed by atoms with Crippen molar-refractivity contribution in [2.75, 3.05) is 11.9 Å². The first kappa shape index (κ1) is 7.40. The number of pyridine rings is 1. The minimum Gasteiger partial charge on any atom is -0.380 e. The molecule has 0 amide bonds. The van der Waals surface area contributed by atoms with Crippen molar-refractivity contribution in [3.8, 4) is 0 Å². The van der Waals surface area contributed by atoms with E-state index in [1.54, 1.807) is 6.07 Å². The number of fused-ring (bicyclic) bond motifs is 1. The molecule has 0 atom stereocenters. The summed E-state index contributed by atoms with van der Waals surface area (Å²) in [6, 6.07) is 1.61. The molecule has 1 aliphatic heterocycles. The zero-order valence-corrected chi connectivity index (χ0v) is 7.13. The van der Waals surface area contributed by atoms with Gasteiger partial charge in [0.15, 0.2) is 0 Å². The number of aryl methyl sites for hydroxylation is 1. The van der Waals surface area contributed by atoms with Gasteiger partial charge in [-0.25, -0.2) is 0 Å². The van der Waals surface area contributed by atoms with E-state index < -0.39 is 0 Å². The van der Waals surface area contributed by atoms with Gasteiger partial charge >= 0.3 is 0 Å². The Balaban J connectivity index is 2.64. The monoisotopic (exact) mass is 164 g/mol. The molecule has 1 N–H and O–H groups in total. The summed E-state index contributed by atoms with van der Waals surface area (Å²) < 4.78 is 2.02. The summed E-state index contributed by atoms with van der Waals surface area (Å²) in [4.78, 5) is 11.3. The molecular weight excluding hydrogens is 152 g/mol. The Morgan fingerprint density at radius 1 is 1.58 bits per heavy atom. The molecule has 12 heavy (non-hydrogen) atoms. The summed E-state index contributed by atoms with van der Waals surface area (Å²) in [7, 11) is 1.98.